The fourth-order valence-corrected chi connectivity index (χ4v) is 6.74. The maximum Gasteiger partial charge on any atom is 0.296 e. The molecule has 0 unspecified atom stereocenters. The lowest BCUT2D eigenvalue weighted by Crippen LogP contribution is -2.27. The Bertz CT molecular complexity index is 1830. The number of hydrogen-bond acceptors (Lipinski definition) is 7. The van der Waals surface area contributed by atoms with Gasteiger partial charge in [0.1, 0.15) is 5.82 Å². The zero-order chi connectivity index (χ0) is 28.6. The highest BCUT2D eigenvalue weighted by Crippen LogP contribution is 2.40. The predicted molar refractivity (Wildman–Crippen MR) is 146 cm³/mol. The van der Waals surface area contributed by atoms with Crippen LogP contribution in [0.1, 0.15) is 60.4 Å². The van der Waals surface area contributed by atoms with Gasteiger partial charge in [-0.05, 0) is 73.2 Å². The molecule has 40 heavy (non-hydrogen) atoms. The fourth-order valence-electron chi connectivity index (χ4n) is 5.40. The van der Waals surface area contributed by atoms with Gasteiger partial charge in [0.25, 0.3) is 5.56 Å². The number of nitrogens with zero attached hydrogens (tertiary/aromatic N) is 4. The van der Waals surface area contributed by atoms with Crippen LogP contribution >= 0.6 is 0 Å². The molecule has 2 aromatic carbocycles. The second-order valence-electron chi connectivity index (χ2n) is 9.79. The van der Waals surface area contributed by atoms with Crippen LogP contribution in [0.2, 0.25) is 0 Å². The number of rotatable bonds is 7. The molecule has 0 bridgehead atoms. The molecular formula is C30H27FN4O4S. The van der Waals surface area contributed by atoms with Crippen LogP contribution in [0.25, 0.3) is 11.1 Å². The van der Waals surface area contributed by atoms with Gasteiger partial charge in [-0.3, -0.25) is 9.36 Å². The Morgan fingerprint density at radius 1 is 1.12 bits per heavy atom. The van der Waals surface area contributed by atoms with Crippen molar-refractivity contribution in [3.05, 3.63) is 99.1 Å². The van der Waals surface area contributed by atoms with E-state index in [4.69, 9.17) is 0 Å². The monoisotopic (exact) mass is 558 g/mol. The van der Waals surface area contributed by atoms with Gasteiger partial charge in [0.2, 0.25) is 21.7 Å². The lowest BCUT2D eigenvalue weighted by molar-refractivity contribution is 0.361. The number of aromatic nitrogens is 3. The topological polar surface area (TPSA) is 126 Å². The molecule has 8 nitrogen and oxygen atoms in total. The predicted octanol–water partition coefficient (Wildman–Crippen LogP) is 5.04. The van der Waals surface area contributed by atoms with E-state index in [1.165, 1.54) is 22.8 Å². The van der Waals surface area contributed by atoms with Crippen LogP contribution in [0.5, 0.6) is 5.88 Å². The van der Waals surface area contributed by atoms with Crippen LogP contribution in [0, 0.1) is 24.2 Å². The van der Waals surface area contributed by atoms with Gasteiger partial charge in [0.15, 0.2) is 4.90 Å². The summed E-state index contributed by atoms with van der Waals surface area (Å²) in [7, 11) is -4.47. The van der Waals surface area contributed by atoms with Crippen molar-refractivity contribution in [1.29, 1.82) is 5.26 Å². The van der Waals surface area contributed by atoms with E-state index in [0.29, 0.717) is 53.9 Å². The Morgan fingerprint density at radius 2 is 1.88 bits per heavy atom. The first-order chi connectivity index (χ1) is 19.2. The summed E-state index contributed by atoms with van der Waals surface area (Å²) in [6.07, 6.45) is 2.97. The average molecular weight is 559 g/mol. The lowest BCUT2D eigenvalue weighted by atomic mass is 10.0. The van der Waals surface area contributed by atoms with Crippen LogP contribution in [0.15, 0.2) is 69.2 Å². The molecule has 0 amide bonds. The maximum absolute atomic E-state index is 13.8. The molecule has 1 N–H and O–H groups in total. The Morgan fingerprint density at radius 3 is 2.55 bits per heavy atom. The molecule has 0 saturated carbocycles. The summed E-state index contributed by atoms with van der Waals surface area (Å²) in [5.41, 5.74) is 2.85. The smallest absolute Gasteiger partial charge is 0.296 e. The van der Waals surface area contributed by atoms with E-state index in [1.54, 1.807) is 37.3 Å². The van der Waals surface area contributed by atoms with Crippen molar-refractivity contribution < 1.29 is 17.9 Å². The minimum absolute atomic E-state index is 0.190. The minimum Gasteiger partial charge on any atom is -0.493 e. The first-order valence-electron chi connectivity index (χ1n) is 13.0. The highest BCUT2D eigenvalue weighted by Gasteiger charge is 2.34. The number of fused-ring (bicyclic) bond motifs is 1. The molecule has 1 aliphatic rings. The zero-order valence-corrected chi connectivity index (χ0v) is 22.9. The standard InChI is InChI=1S/C30H27FN4O4S/c1-3-4-8-27-34-29(36)28(30(37)35(27)25-15-13-23-20(17-32)6-5-7-24(23)25)40(38,39)21-11-9-19(10-12-21)22-14-16-26(31)33-18(22)2/h5-7,9-12,14,16,25,37H,3-4,8,13,15H2,1-2H3/t25-/m0/s1. The largest absolute Gasteiger partial charge is 0.493 e. The first-order valence-corrected chi connectivity index (χ1v) is 14.5. The highest BCUT2D eigenvalue weighted by atomic mass is 32.2. The number of aryl methyl sites for hydroxylation is 2. The van der Waals surface area contributed by atoms with Gasteiger partial charge in [-0.2, -0.15) is 14.6 Å². The second-order valence-corrected chi connectivity index (χ2v) is 11.7. The van der Waals surface area contributed by atoms with E-state index in [-0.39, 0.29) is 4.90 Å². The van der Waals surface area contributed by atoms with Crippen LogP contribution in [0.3, 0.4) is 0 Å². The summed E-state index contributed by atoms with van der Waals surface area (Å²) in [4.78, 5) is 20.2. The van der Waals surface area contributed by atoms with E-state index in [9.17, 15) is 28.0 Å². The van der Waals surface area contributed by atoms with E-state index in [2.05, 4.69) is 16.0 Å². The Balaban J connectivity index is 1.63. The summed E-state index contributed by atoms with van der Waals surface area (Å²) < 4.78 is 42.4. The fraction of sp³-hybridized carbons (Fsp3) is 0.267. The van der Waals surface area contributed by atoms with Gasteiger partial charge in [-0.25, -0.2) is 13.4 Å². The summed E-state index contributed by atoms with van der Waals surface area (Å²) in [6.45, 7) is 3.63. The molecule has 204 valence electrons. The van der Waals surface area contributed by atoms with E-state index >= 15 is 0 Å². The quantitative estimate of drug-likeness (QED) is 0.315. The molecular weight excluding hydrogens is 531 g/mol. The van der Waals surface area contributed by atoms with Crippen molar-refractivity contribution in [3.8, 4) is 23.1 Å². The molecule has 10 heteroatoms. The van der Waals surface area contributed by atoms with Gasteiger partial charge in [-0.1, -0.05) is 37.6 Å². The van der Waals surface area contributed by atoms with Crippen molar-refractivity contribution in [2.45, 2.75) is 61.8 Å². The molecule has 4 aromatic rings. The van der Waals surface area contributed by atoms with Gasteiger partial charge in [0.05, 0.1) is 22.6 Å². The van der Waals surface area contributed by atoms with Crippen LogP contribution in [0.4, 0.5) is 4.39 Å². The molecule has 0 saturated heterocycles. The van der Waals surface area contributed by atoms with Crippen molar-refractivity contribution in [1.82, 2.24) is 14.5 Å². The summed E-state index contributed by atoms with van der Waals surface area (Å²) in [5, 5.41) is 21.0. The number of aromatic hydroxyl groups is 1. The van der Waals surface area contributed by atoms with Crippen molar-refractivity contribution in [2.24, 2.45) is 0 Å². The number of nitriles is 1. The Labute approximate surface area is 231 Å². The Kier molecular flexibility index (Phi) is 7.25. The Hall–Kier alpha value is -4.36. The van der Waals surface area contributed by atoms with Crippen LogP contribution in [-0.2, 0) is 22.7 Å². The third-order valence-corrected chi connectivity index (χ3v) is 9.14. The number of halogens is 1. The normalized spacial score (nSPS) is 14.6. The SMILES string of the molecule is CCCCc1nc(=O)c(S(=O)(=O)c2ccc(-c3ccc(F)nc3C)cc2)c(O)n1[C@H]1CCc2c(C#N)cccc21. The van der Waals surface area contributed by atoms with Crippen molar-refractivity contribution in [2.75, 3.05) is 0 Å². The highest BCUT2D eigenvalue weighted by molar-refractivity contribution is 7.91. The van der Waals surface area contributed by atoms with E-state index in [1.807, 2.05) is 13.0 Å². The maximum atomic E-state index is 13.8. The molecule has 0 fully saturated rings. The third kappa shape index (κ3) is 4.67. The number of pyridine rings is 1. The number of hydrogen-bond donors (Lipinski definition) is 1. The van der Waals surface area contributed by atoms with Gasteiger partial charge in [0, 0.05) is 17.7 Å². The molecule has 0 radical (unpaired) electrons. The molecule has 0 spiro atoms. The third-order valence-electron chi connectivity index (χ3n) is 7.36. The molecule has 2 aromatic heterocycles. The van der Waals surface area contributed by atoms with Gasteiger partial charge in [-0.15, -0.1) is 0 Å². The van der Waals surface area contributed by atoms with Gasteiger partial charge >= 0.3 is 0 Å². The molecule has 0 aliphatic heterocycles. The van der Waals surface area contributed by atoms with E-state index < -0.39 is 38.2 Å². The van der Waals surface area contributed by atoms with Crippen molar-refractivity contribution >= 4 is 9.84 Å². The second kappa shape index (κ2) is 10.7. The number of benzene rings is 2. The molecule has 5 rings (SSSR count). The number of sulfone groups is 1. The lowest BCUT2D eigenvalue weighted by Gasteiger charge is -2.23. The van der Waals surface area contributed by atoms with Gasteiger partial charge < -0.3 is 5.11 Å². The minimum atomic E-state index is -4.47. The van der Waals surface area contributed by atoms with E-state index in [0.717, 1.165) is 17.5 Å². The molecule has 1 atom stereocenters. The zero-order valence-electron chi connectivity index (χ0n) is 22.1. The summed E-state index contributed by atoms with van der Waals surface area (Å²) in [6, 6.07) is 15.6. The summed E-state index contributed by atoms with van der Waals surface area (Å²) >= 11 is 0. The van der Waals surface area contributed by atoms with Crippen LogP contribution < -0.4 is 5.56 Å². The van der Waals surface area contributed by atoms with Crippen molar-refractivity contribution in [3.63, 3.8) is 0 Å². The first kappa shape index (κ1) is 27.2. The number of unbranched alkanes of at least 4 members (excludes halogenated alkanes) is 1. The molecule has 1 aliphatic carbocycles. The summed E-state index contributed by atoms with van der Waals surface area (Å²) in [5.74, 6) is -0.970. The average Bonchev–Trinajstić information content (AvgIpc) is 3.35. The van der Waals surface area contributed by atoms with Crippen LogP contribution in [-0.4, -0.2) is 28.1 Å². The molecule has 2 heterocycles.